The Hall–Kier alpha value is -3.56. The molecule has 1 amide bonds. The predicted molar refractivity (Wildman–Crippen MR) is 131 cm³/mol. The molecule has 0 aliphatic carbocycles. The second-order valence-electron chi connectivity index (χ2n) is 7.88. The Morgan fingerprint density at radius 2 is 1.91 bits per heavy atom. The number of methoxy groups -OCH3 is 2. The summed E-state index contributed by atoms with van der Waals surface area (Å²) in [7, 11) is 3.13. The molecule has 0 saturated heterocycles. The van der Waals surface area contributed by atoms with Gasteiger partial charge in [0.1, 0.15) is 17.2 Å². The smallest absolute Gasteiger partial charge is 0.261 e. The first kappa shape index (κ1) is 23.6. The predicted octanol–water partition coefficient (Wildman–Crippen LogP) is 4.89. The summed E-state index contributed by atoms with van der Waals surface area (Å²) in [5.74, 6) is 2.04. The molecule has 0 aliphatic rings. The van der Waals surface area contributed by atoms with E-state index in [1.54, 1.807) is 26.5 Å². The van der Waals surface area contributed by atoms with Crippen molar-refractivity contribution in [2.75, 3.05) is 14.2 Å². The zero-order valence-corrected chi connectivity index (χ0v) is 20.6. The van der Waals surface area contributed by atoms with E-state index in [1.807, 2.05) is 45.0 Å². The molecule has 0 bridgehead atoms. The molecule has 0 spiro atoms. The fraction of sp³-hybridized carbons (Fsp3) is 0.280. The maximum Gasteiger partial charge on any atom is 0.261 e. The summed E-state index contributed by atoms with van der Waals surface area (Å²) in [5.41, 5.74) is 3.81. The Morgan fingerprint density at radius 3 is 2.62 bits per heavy atom. The van der Waals surface area contributed by atoms with Gasteiger partial charge in [0.25, 0.3) is 5.91 Å². The highest BCUT2D eigenvalue weighted by molar-refractivity contribution is 7.20. The molecule has 9 heteroatoms. The van der Waals surface area contributed by atoms with E-state index in [9.17, 15) is 4.79 Å². The lowest BCUT2D eigenvalue weighted by atomic mass is 10.1. The number of ether oxygens (including phenoxy) is 3. The minimum absolute atomic E-state index is 0.188. The fourth-order valence-electron chi connectivity index (χ4n) is 3.47. The van der Waals surface area contributed by atoms with Gasteiger partial charge in [-0.1, -0.05) is 18.2 Å². The third-order valence-electron chi connectivity index (χ3n) is 5.29. The minimum atomic E-state index is -0.188. The highest BCUT2D eigenvalue weighted by Gasteiger charge is 2.21. The van der Waals surface area contributed by atoms with Gasteiger partial charge in [-0.25, -0.2) is 9.97 Å². The first-order chi connectivity index (χ1) is 16.4. The van der Waals surface area contributed by atoms with Crippen molar-refractivity contribution < 1.29 is 19.0 Å². The average molecular weight is 479 g/mol. The monoisotopic (exact) mass is 478 g/mol. The molecular weight excluding hydrogens is 452 g/mol. The number of benzene rings is 1. The first-order valence-corrected chi connectivity index (χ1v) is 11.5. The van der Waals surface area contributed by atoms with E-state index in [2.05, 4.69) is 20.3 Å². The second kappa shape index (κ2) is 10.1. The molecule has 1 N–H and O–H groups in total. The van der Waals surface area contributed by atoms with Crippen LogP contribution in [0.1, 0.15) is 37.7 Å². The van der Waals surface area contributed by atoms with Crippen LogP contribution in [0.25, 0.3) is 10.2 Å². The SMILES string of the molecule is COCc1nc(OC)c2c(C)c(C(=O)NCc3ccc(Oc4cc(C)ccc4C)nc3)sc2n1. The number of hydrogen-bond donors (Lipinski definition) is 1. The maximum absolute atomic E-state index is 12.9. The normalized spacial score (nSPS) is 11.0. The van der Waals surface area contributed by atoms with E-state index in [0.29, 0.717) is 33.8 Å². The van der Waals surface area contributed by atoms with Gasteiger partial charge >= 0.3 is 0 Å². The zero-order chi connectivity index (χ0) is 24.2. The van der Waals surface area contributed by atoms with Crippen molar-refractivity contribution in [1.82, 2.24) is 20.3 Å². The summed E-state index contributed by atoms with van der Waals surface area (Å²) in [6.45, 7) is 6.48. The van der Waals surface area contributed by atoms with Gasteiger partial charge in [-0.3, -0.25) is 4.79 Å². The molecule has 1 aromatic carbocycles. The van der Waals surface area contributed by atoms with E-state index in [-0.39, 0.29) is 12.5 Å². The summed E-state index contributed by atoms with van der Waals surface area (Å²) < 4.78 is 16.5. The Labute approximate surface area is 201 Å². The van der Waals surface area contributed by atoms with E-state index in [4.69, 9.17) is 14.2 Å². The maximum atomic E-state index is 12.9. The number of aromatic nitrogens is 3. The minimum Gasteiger partial charge on any atom is -0.480 e. The highest BCUT2D eigenvalue weighted by atomic mass is 32.1. The van der Waals surface area contributed by atoms with Gasteiger partial charge in [0.2, 0.25) is 11.8 Å². The van der Waals surface area contributed by atoms with Crippen molar-refractivity contribution in [3.63, 3.8) is 0 Å². The van der Waals surface area contributed by atoms with Gasteiger partial charge in [-0.15, -0.1) is 11.3 Å². The number of thiophene rings is 1. The van der Waals surface area contributed by atoms with Crippen LogP contribution >= 0.6 is 11.3 Å². The van der Waals surface area contributed by atoms with Crippen LogP contribution in [0.4, 0.5) is 0 Å². The zero-order valence-electron chi connectivity index (χ0n) is 19.8. The van der Waals surface area contributed by atoms with Gasteiger partial charge in [0.05, 0.1) is 17.4 Å². The topological polar surface area (TPSA) is 95.5 Å². The summed E-state index contributed by atoms with van der Waals surface area (Å²) in [6, 6.07) is 9.73. The molecule has 0 saturated carbocycles. The quantitative estimate of drug-likeness (QED) is 0.385. The first-order valence-electron chi connectivity index (χ1n) is 10.7. The molecule has 176 valence electrons. The number of carbonyl (C=O) groups is 1. The highest BCUT2D eigenvalue weighted by Crippen LogP contribution is 2.35. The van der Waals surface area contributed by atoms with Gasteiger partial charge in [-0.2, -0.15) is 4.98 Å². The Balaban J connectivity index is 1.46. The Kier molecular flexibility index (Phi) is 7.04. The van der Waals surface area contributed by atoms with Gasteiger partial charge in [0, 0.05) is 25.9 Å². The third kappa shape index (κ3) is 5.00. The third-order valence-corrected chi connectivity index (χ3v) is 6.47. The molecule has 4 rings (SSSR count). The van der Waals surface area contributed by atoms with E-state index >= 15 is 0 Å². The summed E-state index contributed by atoms with van der Waals surface area (Å²) in [5, 5.41) is 3.70. The number of nitrogens with zero attached hydrogens (tertiary/aromatic N) is 3. The van der Waals surface area contributed by atoms with Crippen LogP contribution in [-0.4, -0.2) is 35.1 Å². The van der Waals surface area contributed by atoms with Crippen LogP contribution in [0.3, 0.4) is 0 Å². The number of nitrogens with one attached hydrogen (secondary N) is 1. The number of aryl methyl sites for hydroxylation is 3. The number of carbonyl (C=O) groups excluding carboxylic acids is 1. The van der Waals surface area contributed by atoms with Crippen molar-refractivity contribution in [3.8, 4) is 17.5 Å². The van der Waals surface area contributed by atoms with Crippen molar-refractivity contribution in [2.45, 2.75) is 33.9 Å². The molecule has 0 unspecified atom stereocenters. The van der Waals surface area contributed by atoms with Crippen molar-refractivity contribution in [1.29, 1.82) is 0 Å². The van der Waals surface area contributed by atoms with Crippen molar-refractivity contribution in [3.05, 3.63) is 69.5 Å². The molecule has 0 aliphatic heterocycles. The van der Waals surface area contributed by atoms with Crippen LogP contribution in [0.5, 0.6) is 17.5 Å². The van der Waals surface area contributed by atoms with Crippen molar-refractivity contribution in [2.24, 2.45) is 0 Å². The second-order valence-corrected chi connectivity index (χ2v) is 8.88. The van der Waals surface area contributed by atoms with Gasteiger partial charge in [-0.05, 0) is 49.1 Å². The number of amides is 1. The van der Waals surface area contributed by atoms with Crippen molar-refractivity contribution >= 4 is 27.5 Å². The van der Waals surface area contributed by atoms with Crippen LogP contribution < -0.4 is 14.8 Å². The van der Waals surface area contributed by atoms with Crippen LogP contribution in [0, 0.1) is 20.8 Å². The number of fused-ring (bicyclic) bond motifs is 1. The molecular formula is C25H26N4O4S. The summed E-state index contributed by atoms with van der Waals surface area (Å²) in [6.07, 6.45) is 1.70. The lowest BCUT2D eigenvalue weighted by Crippen LogP contribution is -2.22. The Bertz CT molecular complexity index is 1340. The standard InChI is InChI=1S/C25H26N4O4S/c1-14-6-7-15(2)18(10-14)33-20-9-8-17(11-26-20)12-27-23(30)22-16(3)21-24(32-5)28-19(13-31-4)29-25(21)34-22/h6-11H,12-13H2,1-5H3,(H,27,30). The molecule has 3 aromatic heterocycles. The molecule has 0 radical (unpaired) electrons. The van der Waals surface area contributed by atoms with Crippen LogP contribution in [0.2, 0.25) is 0 Å². The molecule has 3 heterocycles. The number of pyridine rings is 1. The Morgan fingerprint density at radius 1 is 1.09 bits per heavy atom. The number of hydrogen-bond acceptors (Lipinski definition) is 8. The van der Waals surface area contributed by atoms with Gasteiger partial charge in [0.15, 0.2) is 5.82 Å². The molecule has 8 nitrogen and oxygen atoms in total. The molecule has 4 aromatic rings. The molecule has 0 fully saturated rings. The van der Waals surface area contributed by atoms with Crippen LogP contribution in [-0.2, 0) is 17.9 Å². The van der Waals surface area contributed by atoms with E-state index in [1.165, 1.54) is 11.3 Å². The average Bonchev–Trinajstić information content (AvgIpc) is 3.17. The lowest BCUT2D eigenvalue weighted by Gasteiger charge is -2.09. The molecule has 0 atom stereocenters. The van der Waals surface area contributed by atoms with Crippen LogP contribution in [0.15, 0.2) is 36.5 Å². The van der Waals surface area contributed by atoms with E-state index in [0.717, 1.165) is 33.4 Å². The summed E-state index contributed by atoms with van der Waals surface area (Å²) in [4.78, 5) is 27.5. The molecule has 34 heavy (non-hydrogen) atoms. The van der Waals surface area contributed by atoms with E-state index < -0.39 is 0 Å². The fourth-order valence-corrected chi connectivity index (χ4v) is 4.58. The number of rotatable bonds is 8. The lowest BCUT2D eigenvalue weighted by molar-refractivity contribution is 0.0954. The summed E-state index contributed by atoms with van der Waals surface area (Å²) >= 11 is 1.31. The van der Waals surface area contributed by atoms with Gasteiger partial charge < -0.3 is 19.5 Å². The largest absolute Gasteiger partial charge is 0.480 e.